The van der Waals surface area contributed by atoms with Gasteiger partial charge in [-0.15, -0.1) is 0 Å². The molecule has 2 N–H and O–H groups in total. The van der Waals surface area contributed by atoms with Crippen LogP contribution in [0, 0.1) is 6.92 Å². The fourth-order valence-corrected chi connectivity index (χ4v) is 4.58. The summed E-state index contributed by atoms with van der Waals surface area (Å²) in [5.74, 6) is 0.376. The molecule has 8 nitrogen and oxygen atoms in total. The number of halogens is 3. The lowest BCUT2D eigenvalue weighted by molar-refractivity contribution is -0.140. The van der Waals surface area contributed by atoms with Gasteiger partial charge in [0.2, 0.25) is 16.0 Å². The van der Waals surface area contributed by atoms with E-state index >= 15 is 0 Å². The molecule has 0 atom stereocenters. The molecule has 0 unspecified atom stereocenters. The highest BCUT2D eigenvalue weighted by Crippen LogP contribution is 2.26. The first-order valence-corrected chi connectivity index (χ1v) is 11.4. The molecular formula is C20H21F3N6O2S. The number of aryl methyl sites for hydroxylation is 1. The van der Waals surface area contributed by atoms with Crippen LogP contribution in [0.15, 0.2) is 47.6 Å². The zero-order valence-corrected chi connectivity index (χ0v) is 17.9. The second kappa shape index (κ2) is 8.51. The first-order valence-electron chi connectivity index (χ1n) is 9.92. The molecule has 0 bridgehead atoms. The second-order valence-corrected chi connectivity index (χ2v) is 9.27. The highest BCUT2D eigenvalue weighted by atomic mass is 32.2. The Hall–Kier alpha value is -2.99. The molecule has 1 aliphatic carbocycles. The summed E-state index contributed by atoms with van der Waals surface area (Å²) in [6.07, 6.45) is 1.06. The minimum atomic E-state index is -4.40. The standard InChI is InChI=1S/C20H21F3N6O2S/c1-13-25-11-18(29(13)12-20(21,22)23)17-9-10-24-19(27-17)26-14-5-7-16(8-6-14)32(30,31)28-15-3-2-4-15/h5-11,15,28H,2-4,12H2,1H3,(H,24,26,27). The third-order valence-corrected chi connectivity index (χ3v) is 6.69. The van der Waals surface area contributed by atoms with Crippen molar-refractivity contribution in [2.24, 2.45) is 0 Å². The smallest absolute Gasteiger partial charge is 0.324 e. The van der Waals surface area contributed by atoms with E-state index in [4.69, 9.17) is 0 Å². The van der Waals surface area contributed by atoms with E-state index in [-0.39, 0.29) is 34.1 Å². The fraction of sp³-hybridized carbons (Fsp3) is 0.350. The van der Waals surface area contributed by atoms with Crippen LogP contribution in [0.25, 0.3) is 11.4 Å². The predicted molar refractivity (Wildman–Crippen MR) is 112 cm³/mol. The summed E-state index contributed by atoms with van der Waals surface area (Å²) in [7, 11) is -3.58. The molecule has 1 aromatic carbocycles. The van der Waals surface area contributed by atoms with Crippen LogP contribution in [0.2, 0.25) is 0 Å². The molecule has 0 aliphatic heterocycles. The van der Waals surface area contributed by atoms with Crippen molar-refractivity contribution >= 4 is 21.7 Å². The second-order valence-electron chi connectivity index (χ2n) is 7.56. The molecule has 0 saturated heterocycles. The Kier molecular flexibility index (Phi) is 5.91. The molecule has 1 saturated carbocycles. The average molecular weight is 466 g/mol. The third kappa shape index (κ3) is 5.07. The first-order chi connectivity index (χ1) is 15.1. The summed E-state index contributed by atoms with van der Waals surface area (Å²) < 4.78 is 67.3. The van der Waals surface area contributed by atoms with Crippen LogP contribution >= 0.6 is 0 Å². The van der Waals surface area contributed by atoms with Gasteiger partial charge in [-0.1, -0.05) is 6.42 Å². The van der Waals surface area contributed by atoms with E-state index in [1.165, 1.54) is 37.5 Å². The minimum absolute atomic E-state index is 0.0108. The number of rotatable bonds is 7. The van der Waals surface area contributed by atoms with E-state index in [9.17, 15) is 21.6 Å². The fourth-order valence-electron chi connectivity index (χ4n) is 3.27. The van der Waals surface area contributed by atoms with Gasteiger partial charge in [-0.25, -0.2) is 28.1 Å². The number of nitrogens with one attached hydrogen (secondary N) is 2. The van der Waals surface area contributed by atoms with Gasteiger partial charge in [-0.05, 0) is 50.1 Å². The van der Waals surface area contributed by atoms with E-state index in [1.54, 1.807) is 12.1 Å². The summed E-state index contributed by atoms with van der Waals surface area (Å²) in [5.41, 5.74) is 1.02. The normalized spacial score (nSPS) is 14.9. The quantitative estimate of drug-likeness (QED) is 0.550. The number of anilines is 2. The van der Waals surface area contributed by atoms with E-state index < -0.39 is 22.7 Å². The summed E-state index contributed by atoms with van der Waals surface area (Å²) in [6.45, 7) is 0.316. The molecule has 170 valence electrons. The Morgan fingerprint density at radius 1 is 1.12 bits per heavy atom. The molecule has 1 aliphatic rings. The van der Waals surface area contributed by atoms with Gasteiger partial charge in [0, 0.05) is 17.9 Å². The van der Waals surface area contributed by atoms with E-state index in [0.29, 0.717) is 5.69 Å². The number of sulfonamides is 1. The monoisotopic (exact) mass is 466 g/mol. The topological polar surface area (TPSA) is 102 Å². The molecule has 32 heavy (non-hydrogen) atoms. The van der Waals surface area contributed by atoms with E-state index in [1.807, 2.05) is 0 Å². The number of nitrogens with zero attached hydrogens (tertiary/aromatic N) is 4. The van der Waals surface area contributed by atoms with Gasteiger partial charge < -0.3 is 9.88 Å². The lowest BCUT2D eigenvalue weighted by Crippen LogP contribution is -2.39. The van der Waals surface area contributed by atoms with E-state index in [0.717, 1.165) is 23.8 Å². The SMILES string of the molecule is Cc1ncc(-c2ccnc(Nc3ccc(S(=O)(=O)NC4CCC4)cc3)n2)n1CC(F)(F)F. The van der Waals surface area contributed by atoms with Crippen molar-refractivity contribution in [2.75, 3.05) is 5.32 Å². The van der Waals surface area contributed by atoms with Gasteiger partial charge >= 0.3 is 6.18 Å². The zero-order chi connectivity index (χ0) is 22.9. The van der Waals surface area contributed by atoms with Gasteiger partial charge in [0.15, 0.2) is 0 Å². The number of imidazole rings is 1. The van der Waals surface area contributed by atoms with Crippen LogP contribution < -0.4 is 10.0 Å². The van der Waals surface area contributed by atoms with Crippen molar-refractivity contribution in [3.05, 3.63) is 48.5 Å². The Morgan fingerprint density at radius 3 is 2.47 bits per heavy atom. The molecule has 12 heteroatoms. The van der Waals surface area contributed by atoms with Crippen molar-refractivity contribution in [3.8, 4) is 11.4 Å². The number of alkyl halides is 3. The highest BCUT2D eigenvalue weighted by molar-refractivity contribution is 7.89. The molecule has 1 fully saturated rings. The average Bonchev–Trinajstić information content (AvgIpc) is 3.04. The van der Waals surface area contributed by atoms with Gasteiger partial charge in [-0.3, -0.25) is 0 Å². The van der Waals surface area contributed by atoms with Gasteiger partial charge in [-0.2, -0.15) is 13.2 Å². The van der Waals surface area contributed by atoms with Crippen molar-refractivity contribution in [1.82, 2.24) is 24.2 Å². The van der Waals surface area contributed by atoms with Crippen LogP contribution in [0.5, 0.6) is 0 Å². The lowest BCUT2D eigenvalue weighted by Gasteiger charge is -2.26. The summed E-state index contributed by atoms with van der Waals surface area (Å²) in [5, 5.41) is 2.94. The Morgan fingerprint density at radius 2 is 1.84 bits per heavy atom. The van der Waals surface area contributed by atoms with Crippen LogP contribution in [0.3, 0.4) is 0 Å². The maximum absolute atomic E-state index is 12.9. The van der Waals surface area contributed by atoms with Crippen LogP contribution in [0.4, 0.5) is 24.8 Å². The van der Waals surface area contributed by atoms with Gasteiger partial charge in [0.05, 0.1) is 22.5 Å². The van der Waals surface area contributed by atoms with Crippen molar-refractivity contribution in [2.45, 2.75) is 49.8 Å². The number of benzene rings is 1. The van der Waals surface area contributed by atoms with Crippen molar-refractivity contribution in [1.29, 1.82) is 0 Å². The molecule has 3 aromatic rings. The summed E-state index contributed by atoms with van der Waals surface area (Å²) in [6, 6.07) is 7.57. The molecule has 0 spiro atoms. The number of aromatic nitrogens is 4. The maximum Gasteiger partial charge on any atom is 0.406 e. The first kappa shape index (κ1) is 22.2. The van der Waals surface area contributed by atoms with Crippen molar-refractivity contribution in [3.63, 3.8) is 0 Å². The molecular weight excluding hydrogens is 445 g/mol. The number of hydrogen-bond donors (Lipinski definition) is 2. The minimum Gasteiger partial charge on any atom is -0.324 e. The number of hydrogen-bond acceptors (Lipinski definition) is 6. The van der Waals surface area contributed by atoms with Gasteiger partial charge in [0.25, 0.3) is 0 Å². The van der Waals surface area contributed by atoms with Crippen LogP contribution in [0.1, 0.15) is 25.1 Å². The summed E-state index contributed by atoms with van der Waals surface area (Å²) in [4.78, 5) is 12.5. The Bertz CT molecular complexity index is 1200. The molecule has 2 aromatic heterocycles. The largest absolute Gasteiger partial charge is 0.406 e. The molecule has 4 rings (SSSR count). The highest BCUT2D eigenvalue weighted by Gasteiger charge is 2.30. The zero-order valence-electron chi connectivity index (χ0n) is 17.1. The van der Waals surface area contributed by atoms with E-state index in [2.05, 4.69) is 25.0 Å². The van der Waals surface area contributed by atoms with Crippen LogP contribution in [-0.2, 0) is 16.6 Å². The summed E-state index contributed by atoms with van der Waals surface area (Å²) >= 11 is 0. The van der Waals surface area contributed by atoms with Crippen LogP contribution in [-0.4, -0.2) is 40.2 Å². The van der Waals surface area contributed by atoms with Crippen molar-refractivity contribution < 1.29 is 21.6 Å². The maximum atomic E-state index is 12.9. The molecule has 2 heterocycles. The lowest BCUT2D eigenvalue weighted by atomic mass is 9.94. The molecule has 0 radical (unpaired) electrons. The Balaban J connectivity index is 1.51. The third-order valence-electron chi connectivity index (χ3n) is 5.16. The van der Waals surface area contributed by atoms with Gasteiger partial charge in [0.1, 0.15) is 12.4 Å². The Labute approximate surface area is 183 Å². The molecule has 0 amide bonds. The predicted octanol–water partition coefficient (Wildman–Crippen LogP) is 3.79.